The molecule has 0 aromatic carbocycles. The molecule has 0 aromatic rings. The zero-order chi connectivity index (χ0) is 10.1. The second-order valence-electron chi connectivity index (χ2n) is 4.38. The largest absolute Gasteiger partial charge is 0.463 e. The summed E-state index contributed by atoms with van der Waals surface area (Å²) in [6, 6.07) is 0. The quantitative estimate of drug-likeness (QED) is 0.510. The summed E-state index contributed by atoms with van der Waals surface area (Å²) in [4.78, 5) is 11.4. The predicted molar refractivity (Wildman–Crippen MR) is 54.7 cm³/mol. The van der Waals surface area contributed by atoms with E-state index in [4.69, 9.17) is 4.74 Å². The monoisotopic (exact) mass is 194 g/mol. The standard InChI is InChI=1S/C12H18O2/c1-3-14-12(13)8(2)11-9-6-4-5-7-10(9)11/h9-11H,2-7H2,1H3/t9-,10+,11?. The topological polar surface area (TPSA) is 26.3 Å². The van der Waals surface area contributed by atoms with E-state index in [-0.39, 0.29) is 5.97 Å². The van der Waals surface area contributed by atoms with E-state index in [1.807, 2.05) is 6.92 Å². The summed E-state index contributed by atoms with van der Waals surface area (Å²) in [5, 5.41) is 0. The first-order valence-corrected chi connectivity index (χ1v) is 5.61. The van der Waals surface area contributed by atoms with Crippen LogP contribution in [0.5, 0.6) is 0 Å². The molecule has 14 heavy (non-hydrogen) atoms. The summed E-state index contributed by atoms with van der Waals surface area (Å²) in [5.41, 5.74) is 0.726. The molecule has 2 nitrogen and oxygen atoms in total. The molecule has 2 heteroatoms. The number of hydrogen-bond donors (Lipinski definition) is 0. The number of ether oxygens (including phenoxy) is 1. The maximum absolute atomic E-state index is 11.4. The number of rotatable bonds is 3. The molecular formula is C12H18O2. The van der Waals surface area contributed by atoms with Crippen LogP contribution in [0.2, 0.25) is 0 Å². The van der Waals surface area contributed by atoms with Gasteiger partial charge in [-0.15, -0.1) is 0 Å². The first kappa shape index (κ1) is 9.75. The van der Waals surface area contributed by atoms with E-state index in [0.717, 1.165) is 17.4 Å². The Labute approximate surface area is 85.3 Å². The number of fused-ring (bicyclic) bond motifs is 1. The van der Waals surface area contributed by atoms with Gasteiger partial charge in [-0.1, -0.05) is 19.4 Å². The minimum absolute atomic E-state index is 0.174. The number of carbonyl (C=O) groups is 1. The summed E-state index contributed by atoms with van der Waals surface area (Å²) in [6.07, 6.45) is 5.23. The smallest absolute Gasteiger partial charge is 0.333 e. The van der Waals surface area contributed by atoms with Crippen LogP contribution in [0.4, 0.5) is 0 Å². The van der Waals surface area contributed by atoms with Crippen molar-refractivity contribution in [2.45, 2.75) is 32.6 Å². The van der Waals surface area contributed by atoms with Crippen LogP contribution in [0.3, 0.4) is 0 Å². The lowest BCUT2D eigenvalue weighted by atomic mass is 10.0. The molecule has 0 N–H and O–H groups in total. The molecule has 2 fully saturated rings. The van der Waals surface area contributed by atoms with Gasteiger partial charge in [0.1, 0.15) is 0 Å². The highest BCUT2D eigenvalue weighted by molar-refractivity contribution is 5.89. The first-order valence-electron chi connectivity index (χ1n) is 5.61. The normalized spacial score (nSPS) is 34.5. The van der Waals surface area contributed by atoms with Gasteiger partial charge in [0, 0.05) is 5.57 Å². The van der Waals surface area contributed by atoms with Crippen molar-refractivity contribution in [2.24, 2.45) is 17.8 Å². The van der Waals surface area contributed by atoms with Gasteiger partial charge in [-0.3, -0.25) is 0 Å². The fraction of sp³-hybridized carbons (Fsp3) is 0.750. The van der Waals surface area contributed by atoms with Crippen molar-refractivity contribution < 1.29 is 9.53 Å². The molecule has 1 unspecified atom stereocenters. The van der Waals surface area contributed by atoms with Gasteiger partial charge in [0.05, 0.1) is 6.61 Å². The van der Waals surface area contributed by atoms with E-state index in [2.05, 4.69) is 6.58 Å². The Bertz CT molecular complexity index is 245. The van der Waals surface area contributed by atoms with Crippen molar-refractivity contribution in [3.8, 4) is 0 Å². The third-order valence-electron chi connectivity index (χ3n) is 3.60. The third-order valence-corrected chi connectivity index (χ3v) is 3.60. The molecule has 3 atom stereocenters. The van der Waals surface area contributed by atoms with Crippen LogP contribution in [0.15, 0.2) is 12.2 Å². The highest BCUT2D eigenvalue weighted by atomic mass is 16.5. The lowest BCUT2D eigenvalue weighted by Crippen LogP contribution is -2.09. The average Bonchev–Trinajstić information content (AvgIpc) is 2.91. The number of esters is 1. The van der Waals surface area contributed by atoms with Crippen molar-refractivity contribution in [1.82, 2.24) is 0 Å². The van der Waals surface area contributed by atoms with Crippen molar-refractivity contribution in [3.05, 3.63) is 12.2 Å². The zero-order valence-electron chi connectivity index (χ0n) is 8.79. The summed E-state index contributed by atoms with van der Waals surface area (Å²) < 4.78 is 4.97. The van der Waals surface area contributed by atoms with E-state index >= 15 is 0 Å². The molecule has 2 aliphatic rings. The lowest BCUT2D eigenvalue weighted by molar-refractivity contribution is -0.138. The van der Waals surface area contributed by atoms with Crippen LogP contribution >= 0.6 is 0 Å². The second-order valence-corrected chi connectivity index (χ2v) is 4.38. The molecule has 0 saturated heterocycles. The lowest BCUT2D eigenvalue weighted by Gasteiger charge is -2.04. The molecule has 2 saturated carbocycles. The van der Waals surface area contributed by atoms with Crippen LogP contribution in [-0.4, -0.2) is 12.6 Å². The van der Waals surface area contributed by atoms with Crippen molar-refractivity contribution in [1.29, 1.82) is 0 Å². The summed E-state index contributed by atoms with van der Waals surface area (Å²) in [7, 11) is 0. The Morgan fingerprint density at radius 1 is 1.36 bits per heavy atom. The van der Waals surface area contributed by atoms with E-state index < -0.39 is 0 Å². The fourth-order valence-corrected chi connectivity index (χ4v) is 2.87. The zero-order valence-corrected chi connectivity index (χ0v) is 8.79. The van der Waals surface area contributed by atoms with Crippen LogP contribution in [0, 0.1) is 17.8 Å². The van der Waals surface area contributed by atoms with Gasteiger partial charge in [0.25, 0.3) is 0 Å². The minimum atomic E-state index is -0.174. The van der Waals surface area contributed by atoms with E-state index in [1.165, 1.54) is 25.7 Å². The number of carbonyl (C=O) groups excluding carboxylic acids is 1. The highest BCUT2D eigenvalue weighted by Crippen LogP contribution is 2.58. The van der Waals surface area contributed by atoms with Crippen molar-refractivity contribution in [2.75, 3.05) is 6.61 Å². The molecule has 0 radical (unpaired) electrons. The van der Waals surface area contributed by atoms with Crippen LogP contribution in [-0.2, 0) is 9.53 Å². The maximum atomic E-state index is 11.4. The van der Waals surface area contributed by atoms with Gasteiger partial charge in [0.2, 0.25) is 0 Å². The molecule has 0 spiro atoms. The van der Waals surface area contributed by atoms with Gasteiger partial charge in [0.15, 0.2) is 0 Å². The summed E-state index contributed by atoms with van der Waals surface area (Å²) in [6.45, 7) is 6.18. The fourth-order valence-electron chi connectivity index (χ4n) is 2.87. The van der Waals surface area contributed by atoms with Crippen molar-refractivity contribution in [3.63, 3.8) is 0 Å². The molecule has 0 amide bonds. The molecule has 0 bridgehead atoms. The Hall–Kier alpha value is -0.790. The van der Waals surface area contributed by atoms with Gasteiger partial charge >= 0.3 is 5.97 Å². The Kier molecular flexibility index (Phi) is 2.62. The molecular weight excluding hydrogens is 176 g/mol. The Balaban J connectivity index is 1.91. The van der Waals surface area contributed by atoms with E-state index in [9.17, 15) is 4.79 Å². The average molecular weight is 194 g/mol. The Morgan fingerprint density at radius 2 is 1.93 bits per heavy atom. The van der Waals surface area contributed by atoms with E-state index in [1.54, 1.807) is 0 Å². The molecule has 0 aliphatic heterocycles. The molecule has 2 rings (SSSR count). The maximum Gasteiger partial charge on any atom is 0.333 e. The van der Waals surface area contributed by atoms with Crippen LogP contribution < -0.4 is 0 Å². The minimum Gasteiger partial charge on any atom is -0.463 e. The van der Waals surface area contributed by atoms with Gasteiger partial charge in [-0.2, -0.15) is 0 Å². The molecule has 2 aliphatic carbocycles. The predicted octanol–water partition coefficient (Wildman–Crippen LogP) is 2.54. The molecule has 78 valence electrons. The molecule has 0 aromatic heterocycles. The van der Waals surface area contributed by atoms with Gasteiger partial charge in [-0.05, 0) is 37.5 Å². The second kappa shape index (κ2) is 3.76. The molecule has 0 heterocycles. The number of hydrogen-bond acceptors (Lipinski definition) is 2. The third kappa shape index (κ3) is 1.58. The van der Waals surface area contributed by atoms with E-state index in [0.29, 0.717) is 12.5 Å². The first-order chi connectivity index (χ1) is 6.75. The summed E-state index contributed by atoms with van der Waals surface area (Å²) >= 11 is 0. The van der Waals surface area contributed by atoms with Crippen LogP contribution in [0.1, 0.15) is 32.6 Å². The summed E-state index contributed by atoms with van der Waals surface area (Å²) in [5.74, 6) is 1.78. The van der Waals surface area contributed by atoms with Crippen LogP contribution in [0.25, 0.3) is 0 Å². The highest BCUT2D eigenvalue weighted by Gasteiger charge is 2.53. The van der Waals surface area contributed by atoms with Crippen molar-refractivity contribution >= 4 is 5.97 Å². The SMILES string of the molecule is C=C(C(=O)OCC)C1[C@H]2CCCC[C@@H]12. The van der Waals surface area contributed by atoms with Gasteiger partial charge < -0.3 is 4.74 Å². The Morgan fingerprint density at radius 3 is 2.43 bits per heavy atom. The van der Waals surface area contributed by atoms with Gasteiger partial charge in [-0.25, -0.2) is 4.79 Å².